The Morgan fingerprint density at radius 2 is 2.11 bits per heavy atom. The number of hydrogen-bond acceptors (Lipinski definition) is 3. The number of aliphatic hydroxyl groups is 1. The van der Waals surface area contributed by atoms with Gasteiger partial charge in [-0.2, -0.15) is 0 Å². The maximum Gasteiger partial charge on any atom is 0.233 e. The van der Waals surface area contributed by atoms with Gasteiger partial charge in [-0.05, 0) is 31.1 Å². The summed E-state index contributed by atoms with van der Waals surface area (Å²) in [5, 5.41) is 10.6. The zero-order valence-corrected chi connectivity index (χ0v) is 11.6. The smallest absolute Gasteiger partial charge is 0.233 e. The Morgan fingerprint density at radius 1 is 1.44 bits per heavy atom. The van der Waals surface area contributed by atoms with E-state index in [0.29, 0.717) is 17.0 Å². The van der Waals surface area contributed by atoms with Crippen molar-refractivity contribution >= 4 is 27.7 Å². The minimum Gasteiger partial charge on any atom is -0.393 e. The van der Waals surface area contributed by atoms with Gasteiger partial charge in [0.1, 0.15) is 0 Å². The van der Waals surface area contributed by atoms with E-state index in [1.165, 1.54) is 6.08 Å². The Labute approximate surface area is 112 Å². The van der Waals surface area contributed by atoms with Gasteiger partial charge in [0.15, 0.2) is 0 Å². The van der Waals surface area contributed by atoms with Gasteiger partial charge in [0.05, 0.1) is 6.10 Å². The maximum atomic E-state index is 11.6. The molecule has 0 saturated carbocycles. The van der Waals surface area contributed by atoms with E-state index in [-0.39, 0.29) is 6.54 Å². The number of rotatable bonds is 6. The van der Waals surface area contributed by atoms with Crippen LogP contribution in [-0.2, 0) is 10.0 Å². The Morgan fingerprint density at radius 3 is 2.72 bits per heavy atom. The molecule has 0 spiro atoms. The van der Waals surface area contributed by atoms with Gasteiger partial charge >= 0.3 is 0 Å². The van der Waals surface area contributed by atoms with Crippen molar-refractivity contribution in [1.82, 2.24) is 4.72 Å². The minimum atomic E-state index is -3.49. The molecule has 0 aliphatic carbocycles. The number of benzene rings is 1. The van der Waals surface area contributed by atoms with Crippen molar-refractivity contribution in [2.45, 2.75) is 19.4 Å². The first-order chi connectivity index (χ1) is 8.41. The van der Waals surface area contributed by atoms with Gasteiger partial charge in [-0.25, -0.2) is 13.1 Å². The minimum absolute atomic E-state index is 0.201. The molecule has 0 aliphatic rings. The number of halogens is 1. The zero-order valence-electron chi connectivity index (χ0n) is 10.0. The molecule has 1 aromatic rings. The van der Waals surface area contributed by atoms with Crippen LogP contribution in [0.3, 0.4) is 0 Å². The lowest BCUT2D eigenvalue weighted by molar-refractivity contribution is 0.186. The maximum absolute atomic E-state index is 11.6. The quantitative estimate of drug-likeness (QED) is 0.842. The van der Waals surface area contributed by atoms with Crippen LogP contribution in [0.25, 0.3) is 6.08 Å². The molecule has 1 rings (SSSR count). The van der Waals surface area contributed by atoms with Gasteiger partial charge < -0.3 is 5.11 Å². The first kappa shape index (κ1) is 15.2. The van der Waals surface area contributed by atoms with Crippen molar-refractivity contribution in [3.05, 3.63) is 40.3 Å². The zero-order chi connectivity index (χ0) is 13.6. The van der Waals surface area contributed by atoms with Crippen LogP contribution in [-0.4, -0.2) is 26.2 Å². The largest absolute Gasteiger partial charge is 0.393 e. The summed E-state index contributed by atoms with van der Waals surface area (Å²) >= 11 is 5.90. The van der Waals surface area contributed by atoms with Crippen LogP contribution < -0.4 is 4.72 Å². The highest BCUT2D eigenvalue weighted by molar-refractivity contribution is 7.92. The third kappa shape index (κ3) is 5.64. The molecule has 1 atom stereocenters. The van der Waals surface area contributed by atoms with Gasteiger partial charge in [0, 0.05) is 17.0 Å². The summed E-state index contributed by atoms with van der Waals surface area (Å²) in [7, 11) is -3.49. The number of sulfonamides is 1. The van der Waals surface area contributed by atoms with Crippen molar-refractivity contribution < 1.29 is 13.5 Å². The molecule has 0 heterocycles. The highest BCUT2D eigenvalue weighted by Gasteiger charge is 2.05. The van der Waals surface area contributed by atoms with Gasteiger partial charge in [-0.3, -0.25) is 0 Å². The highest BCUT2D eigenvalue weighted by Crippen LogP contribution is 2.16. The molecular formula is C12H16ClNO3S. The van der Waals surface area contributed by atoms with E-state index in [4.69, 9.17) is 16.7 Å². The first-order valence-electron chi connectivity index (χ1n) is 5.51. The van der Waals surface area contributed by atoms with Crippen LogP contribution in [0.1, 0.15) is 18.9 Å². The van der Waals surface area contributed by atoms with Crippen molar-refractivity contribution in [2.24, 2.45) is 0 Å². The van der Waals surface area contributed by atoms with Crippen molar-refractivity contribution in [2.75, 3.05) is 6.54 Å². The van der Waals surface area contributed by atoms with Crippen molar-refractivity contribution in [1.29, 1.82) is 0 Å². The Kier molecular flexibility index (Phi) is 5.81. The Balaban J connectivity index is 2.63. The van der Waals surface area contributed by atoms with Crippen molar-refractivity contribution in [3.8, 4) is 0 Å². The Hall–Kier alpha value is -0.880. The van der Waals surface area contributed by atoms with Crippen LogP contribution in [0, 0.1) is 0 Å². The molecule has 6 heteroatoms. The van der Waals surface area contributed by atoms with E-state index in [1.807, 2.05) is 0 Å². The van der Waals surface area contributed by atoms with E-state index < -0.39 is 16.1 Å². The molecule has 0 amide bonds. The second-order valence-corrected chi connectivity index (χ2v) is 5.96. The van der Waals surface area contributed by atoms with Crippen LogP contribution in [0.2, 0.25) is 5.02 Å². The third-order valence-corrected chi connectivity index (χ3v) is 3.64. The van der Waals surface area contributed by atoms with Gasteiger partial charge in [-0.15, -0.1) is 0 Å². The Bertz CT molecular complexity index is 512. The molecule has 100 valence electrons. The SMILES string of the molecule is CC(O)CCNS(=O)(=O)/C=C/c1ccccc1Cl. The molecule has 18 heavy (non-hydrogen) atoms. The second-order valence-electron chi connectivity index (χ2n) is 3.90. The van der Waals surface area contributed by atoms with Gasteiger partial charge in [0.2, 0.25) is 10.0 Å². The van der Waals surface area contributed by atoms with Crippen molar-refractivity contribution in [3.63, 3.8) is 0 Å². The fourth-order valence-corrected chi connectivity index (χ4v) is 2.25. The summed E-state index contributed by atoms with van der Waals surface area (Å²) in [5.74, 6) is 0. The molecule has 0 fully saturated rings. The fraction of sp³-hybridized carbons (Fsp3) is 0.333. The molecule has 1 unspecified atom stereocenters. The van der Waals surface area contributed by atoms with E-state index in [2.05, 4.69) is 4.72 Å². The third-order valence-electron chi connectivity index (χ3n) is 2.20. The summed E-state index contributed by atoms with van der Waals surface area (Å²) in [6, 6.07) is 6.97. The van der Waals surface area contributed by atoms with Crippen LogP contribution in [0.5, 0.6) is 0 Å². The lowest BCUT2D eigenvalue weighted by atomic mass is 10.2. The monoisotopic (exact) mass is 289 g/mol. The topological polar surface area (TPSA) is 66.4 Å². The molecular weight excluding hydrogens is 274 g/mol. The molecule has 0 radical (unpaired) electrons. The van der Waals surface area contributed by atoms with E-state index in [0.717, 1.165) is 5.41 Å². The second kappa shape index (κ2) is 6.89. The van der Waals surface area contributed by atoms with Crippen LogP contribution in [0.15, 0.2) is 29.7 Å². The average Bonchev–Trinajstić information content (AvgIpc) is 2.27. The molecule has 2 N–H and O–H groups in total. The van der Waals surface area contributed by atoms with Gasteiger partial charge in [-0.1, -0.05) is 29.8 Å². The van der Waals surface area contributed by atoms with Crippen LogP contribution in [0.4, 0.5) is 0 Å². The number of hydrogen-bond donors (Lipinski definition) is 2. The van der Waals surface area contributed by atoms with Crippen LogP contribution >= 0.6 is 11.6 Å². The number of nitrogens with one attached hydrogen (secondary N) is 1. The predicted octanol–water partition coefficient (Wildman–Crippen LogP) is 2.00. The molecule has 0 aromatic heterocycles. The summed E-state index contributed by atoms with van der Waals surface area (Å²) in [6.45, 7) is 1.81. The van der Waals surface area contributed by atoms with Gasteiger partial charge in [0.25, 0.3) is 0 Å². The molecule has 1 aromatic carbocycles. The summed E-state index contributed by atoms with van der Waals surface area (Å²) < 4.78 is 25.5. The standard InChI is InChI=1S/C12H16ClNO3S/c1-10(15)6-8-14-18(16,17)9-7-11-4-2-3-5-12(11)13/h2-5,7,9-10,14-15H,6,8H2,1H3/b9-7+. The summed E-state index contributed by atoms with van der Waals surface area (Å²) in [5.41, 5.74) is 0.639. The summed E-state index contributed by atoms with van der Waals surface area (Å²) in [6.07, 6.45) is 1.28. The van der Waals surface area contributed by atoms with E-state index in [9.17, 15) is 8.42 Å². The normalized spacial score (nSPS) is 13.9. The molecule has 0 saturated heterocycles. The summed E-state index contributed by atoms with van der Waals surface area (Å²) in [4.78, 5) is 0. The highest BCUT2D eigenvalue weighted by atomic mass is 35.5. The first-order valence-corrected chi connectivity index (χ1v) is 7.43. The van der Waals surface area contributed by atoms with E-state index >= 15 is 0 Å². The lowest BCUT2D eigenvalue weighted by Crippen LogP contribution is -2.24. The van der Waals surface area contributed by atoms with E-state index in [1.54, 1.807) is 31.2 Å². The lowest BCUT2D eigenvalue weighted by Gasteiger charge is -2.04. The fourth-order valence-electron chi connectivity index (χ4n) is 1.23. The molecule has 4 nitrogen and oxygen atoms in total. The average molecular weight is 290 g/mol. The molecule has 0 aliphatic heterocycles. The predicted molar refractivity (Wildman–Crippen MR) is 73.7 cm³/mol. The number of aliphatic hydroxyl groups excluding tert-OH is 1. The molecule has 0 bridgehead atoms.